The van der Waals surface area contributed by atoms with E-state index in [0.717, 1.165) is 6.42 Å². The summed E-state index contributed by atoms with van der Waals surface area (Å²) in [5.74, 6) is 0.841. The maximum absolute atomic E-state index is 12.1. The quantitative estimate of drug-likeness (QED) is 0.410. The van der Waals surface area contributed by atoms with E-state index in [-0.39, 0.29) is 5.69 Å². The second-order valence-electron chi connectivity index (χ2n) is 6.22. The van der Waals surface area contributed by atoms with Crippen LogP contribution < -0.4 is 10.2 Å². The highest BCUT2D eigenvalue weighted by molar-refractivity contribution is 6.33. The Morgan fingerprint density at radius 3 is 2.63 bits per heavy atom. The van der Waals surface area contributed by atoms with Crippen molar-refractivity contribution in [2.75, 3.05) is 6.61 Å². The first kappa shape index (κ1) is 20.4. The third-order valence-electron chi connectivity index (χ3n) is 3.64. The Morgan fingerprint density at radius 1 is 1.30 bits per heavy atom. The summed E-state index contributed by atoms with van der Waals surface area (Å²) in [6.45, 7) is 4.87. The SMILES string of the molecule is CC(C)CCOc1ccc(C(=O)N/N=C\c2cc([N+](=O)[O-])ccc2Cl)cc1. The van der Waals surface area contributed by atoms with Crippen LogP contribution in [0.2, 0.25) is 5.02 Å². The number of nitrogens with zero attached hydrogens (tertiary/aromatic N) is 2. The van der Waals surface area contributed by atoms with E-state index in [0.29, 0.717) is 34.4 Å². The van der Waals surface area contributed by atoms with E-state index in [9.17, 15) is 14.9 Å². The van der Waals surface area contributed by atoms with Gasteiger partial charge in [0.05, 0.1) is 17.7 Å². The lowest BCUT2D eigenvalue weighted by Crippen LogP contribution is -2.17. The summed E-state index contributed by atoms with van der Waals surface area (Å²) in [5, 5.41) is 14.9. The van der Waals surface area contributed by atoms with E-state index in [1.165, 1.54) is 24.4 Å². The predicted octanol–water partition coefficient (Wildman–Crippen LogP) is 4.44. The fraction of sp³-hybridized carbons (Fsp3) is 0.263. The monoisotopic (exact) mass is 389 g/mol. The van der Waals surface area contributed by atoms with E-state index in [2.05, 4.69) is 24.4 Å². The van der Waals surface area contributed by atoms with Crippen LogP contribution in [0.15, 0.2) is 47.6 Å². The largest absolute Gasteiger partial charge is 0.494 e. The average Bonchev–Trinajstić information content (AvgIpc) is 2.63. The zero-order valence-corrected chi connectivity index (χ0v) is 15.8. The molecular weight excluding hydrogens is 370 g/mol. The lowest BCUT2D eigenvalue weighted by molar-refractivity contribution is -0.384. The van der Waals surface area contributed by atoms with Gasteiger partial charge in [0.1, 0.15) is 5.75 Å². The highest BCUT2D eigenvalue weighted by Gasteiger charge is 2.09. The molecule has 2 rings (SSSR count). The summed E-state index contributed by atoms with van der Waals surface area (Å²) in [6.07, 6.45) is 2.22. The van der Waals surface area contributed by atoms with Crippen molar-refractivity contribution in [1.29, 1.82) is 0 Å². The highest BCUT2D eigenvalue weighted by Crippen LogP contribution is 2.20. The van der Waals surface area contributed by atoms with E-state index >= 15 is 0 Å². The fourth-order valence-corrected chi connectivity index (χ4v) is 2.25. The van der Waals surface area contributed by atoms with Gasteiger partial charge in [-0.05, 0) is 42.7 Å². The Hall–Kier alpha value is -2.93. The summed E-state index contributed by atoms with van der Waals surface area (Å²) in [5.41, 5.74) is 3.00. The number of carbonyl (C=O) groups is 1. The van der Waals surface area contributed by atoms with E-state index < -0.39 is 10.8 Å². The molecule has 2 aromatic rings. The van der Waals surface area contributed by atoms with E-state index in [4.69, 9.17) is 16.3 Å². The normalized spacial score (nSPS) is 11.0. The third kappa shape index (κ3) is 6.38. The zero-order chi connectivity index (χ0) is 19.8. The van der Waals surface area contributed by atoms with Gasteiger partial charge < -0.3 is 4.74 Å². The number of rotatable bonds is 8. The Balaban J connectivity index is 1.94. The summed E-state index contributed by atoms with van der Waals surface area (Å²) < 4.78 is 5.60. The molecule has 0 aliphatic rings. The molecule has 0 saturated carbocycles. The molecule has 0 radical (unpaired) electrons. The van der Waals surface area contributed by atoms with Crippen molar-refractivity contribution in [2.45, 2.75) is 20.3 Å². The Bertz CT molecular complexity index is 835. The van der Waals surface area contributed by atoms with Crippen LogP contribution in [0.3, 0.4) is 0 Å². The Kier molecular flexibility index (Phi) is 7.31. The van der Waals surface area contributed by atoms with Crippen molar-refractivity contribution in [2.24, 2.45) is 11.0 Å². The van der Waals surface area contributed by atoms with Crippen LogP contribution in [0.5, 0.6) is 5.75 Å². The van der Waals surface area contributed by atoms with Gasteiger partial charge in [-0.25, -0.2) is 5.43 Å². The molecule has 27 heavy (non-hydrogen) atoms. The maximum Gasteiger partial charge on any atom is 0.271 e. The van der Waals surface area contributed by atoms with Crippen molar-refractivity contribution in [3.8, 4) is 5.75 Å². The van der Waals surface area contributed by atoms with Gasteiger partial charge in [0.15, 0.2) is 0 Å². The molecule has 142 valence electrons. The molecule has 0 aliphatic heterocycles. The van der Waals surface area contributed by atoms with Crippen molar-refractivity contribution < 1.29 is 14.5 Å². The number of nitrogens with one attached hydrogen (secondary N) is 1. The number of ether oxygens (including phenoxy) is 1. The number of benzene rings is 2. The first-order valence-corrected chi connectivity index (χ1v) is 8.75. The second kappa shape index (κ2) is 9.68. The minimum Gasteiger partial charge on any atom is -0.494 e. The molecule has 7 nitrogen and oxygen atoms in total. The van der Waals surface area contributed by atoms with Crippen molar-refractivity contribution in [1.82, 2.24) is 5.43 Å². The highest BCUT2D eigenvalue weighted by atomic mass is 35.5. The third-order valence-corrected chi connectivity index (χ3v) is 3.98. The lowest BCUT2D eigenvalue weighted by Gasteiger charge is -2.08. The van der Waals surface area contributed by atoms with Crippen molar-refractivity contribution >= 4 is 29.4 Å². The van der Waals surface area contributed by atoms with Gasteiger partial charge in [0, 0.05) is 28.3 Å². The number of non-ortho nitro benzene ring substituents is 1. The van der Waals surface area contributed by atoms with Gasteiger partial charge >= 0.3 is 0 Å². The number of carbonyl (C=O) groups excluding carboxylic acids is 1. The molecular formula is C19H20ClN3O4. The number of amides is 1. The molecule has 0 fully saturated rings. The van der Waals surface area contributed by atoms with Gasteiger partial charge in [-0.2, -0.15) is 5.10 Å². The lowest BCUT2D eigenvalue weighted by atomic mass is 10.1. The van der Waals surface area contributed by atoms with Crippen LogP contribution in [0.25, 0.3) is 0 Å². The van der Waals surface area contributed by atoms with Crippen molar-refractivity contribution in [3.05, 3.63) is 68.7 Å². The zero-order valence-electron chi connectivity index (χ0n) is 15.0. The topological polar surface area (TPSA) is 93.8 Å². The van der Waals surface area contributed by atoms with Gasteiger partial charge in [0.2, 0.25) is 0 Å². The van der Waals surface area contributed by atoms with Crippen molar-refractivity contribution in [3.63, 3.8) is 0 Å². The molecule has 0 saturated heterocycles. The molecule has 2 aromatic carbocycles. The molecule has 0 unspecified atom stereocenters. The second-order valence-corrected chi connectivity index (χ2v) is 6.62. The molecule has 8 heteroatoms. The summed E-state index contributed by atoms with van der Waals surface area (Å²) >= 11 is 5.97. The first-order valence-electron chi connectivity index (χ1n) is 8.37. The molecule has 0 aromatic heterocycles. The van der Waals surface area contributed by atoms with Gasteiger partial charge in [-0.15, -0.1) is 0 Å². The van der Waals surface area contributed by atoms with E-state index in [1.54, 1.807) is 24.3 Å². The molecule has 0 spiro atoms. The fourth-order valence-electron chi connectivity index (χ4n) is 2.08. The standard InChI is InChI=1S/C19H20ClN3O4/c1-13(2)9-10-27-17-6-3-14(4-7-17)19(24)22-21-12-15-11-16(23(25)26)5-8-18(15)20/h3-8,11-13H,9-10H2,1-2H3,(H,22,24)/b21-12-. The summed E-state index contributed by atoms with van der Waals surface area (Å²) in [4.78, 5) is 22.4. The minimum absolute atomic E-state index is 0.111. The smallest absolute Gasteiger partial charge is 0.271 e. The number of nitro groups is 1. The van der Waals surface area contributed by atoms with Gasteiger partial charge in [0.25, 0.3) is 11.6 Å². The molecule has 0 aliphatic carbocycles. The number of hydrogen-bond donors (Lipinski definition) is 1. The number of hydrogen-bond acceptors (Lipinski definition) is 5. The molecule has 0 heterocycles. The van der Waals surface area contributed by atoms with Gasteiger partial charge in [-0.1, -0.05) is 25.4 Å². The first-order chi connectivity index (χ1) is 12.9. The summed E-state index contributed by atoms with van der Waals surface area (Å²) in [6, 6.07) is 10.7. The Morgan fingerprint density at radius 2 is 2.00 bits per heavy atom. The average molecular weight is 390 g/mol. The van der Waals surface area contributed by atoms with Crippen LogP contribution in [-0.2, 0) is 0 Å². The maximum atomic E-state index is 12.1. The number of halogens is 1. The van der Waals surface area contributed by atoms with E-state index in [1.807, 2.05) is 0 Å². The molecule has 1 amide bonds. The Labute approximate surface area is 162 Å². The molecule has 1 N–H and O–H groups in total. The van der Waals surface area contributed by atoms with Crippen LogP contribution in [-0.4, -0.2) is 23.7 Å². The minimum atomic E-state index is -0.531. The molecule has 0 atom stereocenters. The van der Waals surface area contributed by atoms with Crippen LogP contribution in [0.4, 0.5) is 5.69 Å². The summed E-state index contributed by atoms with van der Waals surface area (Å²) in [7, 11) is 0. The van der Waals surface area contributed by atoms with Gasteiger partial charge in [-0.3, -0.25) is 14.9 Å². The van der Waals surface area contributed by atoms with Crippen LogP contribution >= 0.6 is 11.6 Å². The molecule has 0 bridgehead atoms. The van der Waals surface area contributed by atoms with Crippen LogP contribution in [0.1, 0.15) is 36.2 Å². The number of nitro benzene ring substituents is 1. The number of hydrazone groups is 1. The van der Waals surface area contributed by atoms with Crippen LogP contribution in [0, 0.1) is 16.0 Å². The predicted molar refractivity (Wildman–Crippen MR) is 105 cm³/mol.